The van der Waals surface area contributed by atoms with Gasteiger partial charge in [-0.1, -0.05) is 0 Å². The van der Waals surface area contributed by atoms with Crippen molar-refractivity contribution in [1.82, 2.24) is 0 Å². The molecule has 0 aliphatic heterocycles. The van der Waals surface area contributed by atoms with Crippen molar-refractivity contribution in [1.29, 1.82) is 0 Å². The van der Waals surface area contributed by atoms with Crippen LogP contribution in [0.5, 0.6) is 0 Å². The molecule has 1 unspecified atom stereocenters. The SMILES string of the molecule is CCOC(=O)CC(Cc1cc(F)c(F)cc1F)OCC. The number of rotatable bonds is 7. The molecular weight excluding hydrogens is 273 g/mol. The fourth-order valence-electron chi connectivity index (χ4n) is 1.80. The van der Waals surface area contributed by atoms with Gasteiger partial charge in [-0.15, -0.1) is 0 Å². The van der Waals surface area contributed by atoms with Crippen LogP contribution in [0.25, 0.3) is 0 Å². The van der Waals surface area contributed by atoms with Crippen LogP contribution >= 0.6 is 0 Å². The number of ether oxygens (including phenoxy) is 2. The van der Waals surface area contributed by atoms with Crippen LogP contribution in [-0.4, -0.2) is 25.3 Å². The minimum atomic E-state index is -1.25. The van der Waals surface area contributed by atoms with Gasteiger partial charge in [0.15, 0.2) is 11.6 Å². The lowest BCUT2D eigenvalue weighted by atomic mass is 10.0. The molecule has 6 heteroatoms. The van der Waals surface area contributed by atoms with Crippen molar-refractivity contribution in [2.24, 2.45) is 0 Å². The Morgan fingerprint density at radius 2 is 1.75 bits per heavy atom. The van der Waals surface area contributed by atoms with Crippen molar-refractivity contribution in [3.8, 4) is 0 Å². The zero-order valence-corrected chi connectivity index (χ0v) is 11.4. The van der Waals surface area contributed by atoms with E-state index in [0.29, 0.717) is 12.7 Å². The van der Waals surface area contributed by atoms with E-state index in [9.17, 15) is 18.0 Å². The van der Waals surface area contributed by atoms with Crippen molar-refractivity contribution in [3.63, 3.8) is 0 Å². The van der Waals surface area contributed by atoms with E-state index in [-0.39, 0.29) is 25.0 Å². The Kier molecular flexibility index (Phi) is 6.51. The number of carbonyl (C=O) groups is 1. The molecule has 3 nitrogen and oxygen atoms in total. The monoisotopic (exact) mass is 290 g/mol. The summed E-state index contributed by atoms with van der Waals surface area (Å²) < 4.78 is 49.6. The third-order valence-corrected chi connectivity index (χ3v) is 2.64. The molecule has 0 saturated carbocycles. The van der Waals surface area contributed by atoms with Gasteiger partial charge in [0.1, 0.15) is 5.82 Å². The molecule has 0 aliphatic carbocycles. The summed E-state index contributed by atoms with van der Waals surface area (Å²) in [6, 6.07) is 1.26. The molecule has 1 aromatic carbocycles. The van der Waals surface area contributed by atoms with Crippen molar-refractivity contribution in [2.75, 3.05) is 13.2 Å². The quantitative estimate of drug-likeness (QED) is 0.572. The first kappa shape index (κ1) is 16.5. The number of hydrogen-bond donors (Lipinski definition) is 0. The van der Waals surface area contributed by atoms with E-state index in [1.54, 1.807) is 13.8 Å². The maximum Gasteiger partial charge on any atom is 0.308 e. The van der Waals surface area contributed by atoms with Gasteiger partial charge in [-0.3, -0.25) is 4.79 Å². The highest BCUT2D eigenvalue weighted by Gasteiger charge is 2.19. The number of esters is 1. The molecule has 20 heavy (non-hydrogen) atoms. The largest absolute Gasteiger partial charge is 0.466 e. The lowest BCUT2D eigenvalue weighted by molar-refractivity contribution is -0.146. The van der Waals surface area contributed by atoms with Gasteiger partial charge >= 0.3 is 5.97 Å². The average Bonchev–Trinajstić information content (AvgIpc) is 2.36. The van der Waals surface area contributed by atoms with Gasteiger partial charge in [0, 0.05) is 19.1 Å². The maximum atomic E-state index is 13.5. The smallest absolute Gasteiger partial charge is 0.308 e. The Morgan fingerprint density at radius 1 is 1.10 bits per heavy atom. The van der Waals surface area contributed by atoms with E-state index in [2.05, 4.69) is 0 Å². The predicted molar refractivity (Wildman–Crippen MR) is 66.7 cm³/mol. The molecule has 0 saturated heterocycles. The zero-order chi connectivity index (χ0) is 15.1. The van der Waals surface area contributed by atoms with E-state index in [4.69, 9.17) is 9.47 Å². The zero-order valence-electron chi connectivity index (χ0n) is 11.4. The van der Waals surface area contributed by atoms with Crippen molar-refractivity contribution in [2.45, 2.75) is 32.8 Å². The maximum absolute atomic E-state index is 13.5. The van der Waals surface area contributed by atoms with Crippen LogP contribution in [0, 0.1) is 17.5 Å². The van der Waals surface area contributed by atoms with E-state index >= 15 is 0 Å². The molecule has 0 fully saturated rings. The Hall–Kier alpha value is -1.56. The van der Waals surface area contributed by atoms with Gasteiger partial charge in [0.05, 0.1) is 19.1 Å². The predicted octanol–water partition coefficient (Wildman–Crippen LogP) is 3.00. The van der Waals surface area contributed by atoms with E-state index in [0.717, 1.165) is 6.07 Å². The molecule has 0 N–H and O–H groups in total. The molecule has 1 atom stereocenters. The molecule has 0 radical (unpaired) electrons. The first-order chi connectivity index (χ1) is 9.47. The fourth-order valence-corrected chi connectivity index (χ4v) is 1.80. The van der Waals surface area contributed by atoms with Gasteiger partial charge in [-0.05, 0) is 25.5 Å². The van der Waals surface area contributed by atoms with Crippen molar-refractivity contribution < 1.29 is 27.4 Å². The standard InChI is InChI=1S/C14H17F3O3/c1-3-19-10(7-14(18)20-4-2)5-9-6-12(16)13(17)8-11(9)15/h6,8,10H,3-5,7H2,1-2H3. The van der Waals surface area contributed by atoms with Crippen LogP contribution in [0.4, 0.5) is 13.2 Å². The third-order valence-electron chi connectivity index (χ3n) is 2.64. The third kappa shape index (κ3) is 4.85. The highest BCUT2D eigenvalue weighted by atomic mass is 19.2. The number of halogens is 3. The minimum Gasteiger partial charge on any atom is -0.466 e. The van der Waals surface area contributed by atoms with E-state index in [1.165, 1.54) is 0 Å². The van der Waals surface area contributed by atoms with Gasteiger partial charge in [-0.25, -0.2) is 13.2 Å². The lowest BCUT2D eigenvalue weighted by Gasteiger charge is -2.16. The minimum absolute atomic E-state index is 0.0321. The van der Waals surface area contributed by atoms with Crippen LogP contribution in [0.15, 0.2) is 12.1 Å². The van der Waals surface area contributed by atoms with E-state index < -0.39 is 29.5 Å². The summed E-state index contributed by atoms with van der Waals surface area (Å²) in [5, 5.41) is 0. The molecule has 0 heterocycles. The molecule has 1 aromatic rings. The fraction of sp³-hybridized carbons (Fsp3) is 0.500. The van der Waals surface area contributed by atoms with Gasteiger partial charge in [-0.2, -0.15) is 0 Å². The Morgan fingerprint density at radius 3 is 2.35 bits per heavy atom. The number of hydrogen-bond acceptors (Lipinski definition) is 3. The summed E-state index contributed by atoms with van der Waals surface area (Å²) in [4.78, 5) is 11.4. The second-order valence-electron chi connectivity index (χ2n) is 4.15. The summed E-state index contributed by atoms with van der Waals surface area (Å²) in [6.07, 6.45) is -0.742. The van der Waals surface area contributed by atoms with Crippen LogP contribution in [0.1, 0.15) is 25.8 Å². The van der Waals surface area contributed by atoms with Gasteiger partial charge < -0.3 is 9.47 Å². The van der Waals surface area contributed by atoms with Crippen molar-refractivity contribution in [3.05, 3.63) is 35.1 Å². The summed E-state index contributed by atoms with van der Waals surface area (Å²) in [7, 11) is 0. The van der Waals surface area contributed by atoms with Gasteiger partial charge in [0.25, 0.3) is 0 Å². The number of carbonyl (C=O) groups excluding carboxylic acids is 1. The first-order valence-electron chi connectivity index (χ1n) is 6.38. The highest BCUT2D eigenvalue weighted by molar-refractivity contribution is 5.70. The topological polar surface area (TPSA) is 35.5 Å². The average molecular weight is 290 g/mol. The highest BCUT2D eigenvalue weighted by Crippen LogP contribution is 2.17. The summed E-state index contributed by atoms with van der Waals surface area (Å²) in [6.45, 7) is 3.94. The molecule has 0 aliphatic rings. The van der Waals surface area contributed by atoms with Crippen molar-refractivity contribution >= 4 is 5.97 Å². The van der Waals surface area contributed by atoms with Crippen LogP contribution in [-0.2, 0) is 20.7 Å². The van der Waals surface area contributed by atoms with E-state index in [1.807, 2.05) is 0 Å². The summed E-state index contributed by atoms with van der Waals surface area (Å²) >= 11 is 0. The summed E-state index contributed by atoms with van der Waals surface area (Å²) in [5.41, 5.74) is -0.0355. The number of benzene rings is 1. The normalized spacial score (nSPS) is 12.2. The molecular formula is C14H17F3O3. The van der Waals surface area contributed by atoms with Gasteiger partial charge in [0.2, 0.25) is 0 Å². The molecule has 0 aromatic heterocycles. The molecule has 1 rings (SSSR count). The Bertz CT molecular complexity index is 463. The second kappa shape index (κ2) is 7.89. The molecule has 0 bridgehead atoms. The summed E-state index contributed by atoms with van der Waals surface area (Å²) in [5.74, 6) is -3.72. The Balaban J connectivity index is 2.79. The van der Waals surface area contributed by atoms with Crippen LogP contribution < -0.4 is 0 Å². The van der Waals surface area contributed by atoms with Crippen LogP contribution in [0.2, 0.25) is 0 Å². The van der Waals surface area contributed by atoms with Crippen LogP contribution in [0.3, 0.4) is 0 Å². The second-order valence-corrected chi connectivity index (χ2v) is 4.15. The molecule has 0 spiro atoms. The molecule has 112 valence electrons. The Labute approximate surface area is 115 Å². The first-order valence-corrected chi connectivity index (χ1v) is 6.38. The molecule has 0 amide bonds. The lowest BCUT2D eigenvalue weighted by Crippen LogP contribution is -2.22.